The molecule has 0 radical (unpaired) electrons. The number of hydrogen-bond acceptors (Lipinski definition) is 2. The molecule has 0 aromatic carbocycles. The lowest BCUT2D eigenvalue weighted by Gasteiger charge is -2.04. The highest BCUT2D eigenvalue weighted by Gasteiger charge is 2.00. The Morgan fingerprint density at radius 3 is 0.886 bits per heavy atom. The van der Waals surface area contributed by atoms with Crippen molar-refractivity contribution in [3.05, 3.63) is 0 Å². The molecule has 0 rings (SSSR count). The van der Waals surface area contributed by atoms with Crippen LogP contribution >= 0.6 is 15.9 Å². The summed E-state index contributed by atoms with van der Waals surface area (Å²) in [5.74, 6) is -0.0264. The number of carbonyl (C=O) groups excluding carboxylic acids is 1. The van der Waals surface area contributed by atoms with Crippen molar-refractivity contribution >= 4 is 21.9 Å². The molecule has 0 aliphatic rings. The zero-order valence-corrected chi connectivity index (χ0v) is 25.5. The van der Waals surface area contributed by atoms with Gasteiger partial charge in [0.15, 0.2) is 0 Å². The van der Waals surface area contributed by atoms with E-state index in [4.69, 9.17) is 4.74 Å². The highest BCUT2D eigenvalue weighted by atomic mass is 79.9. The van der Waals surface area contributed by atoms with Crippen LogP contribution in [0.1, 0.15) is 187 Å². The molecule has 0 bridgehead atoms. The van der Waals surface area contributed by atoms with Gasteiger partial charge in [-0.2, -0.15) is 0 Å². The van der Waals surface area contributed by atoms with Gasteiger partial charge >= 0.3 is 5.97 Å². The molecule has 0 aliphatic carbocycles. The van der Waals surface area contributed by atoms with E-state index in [-0.39, 0.29) is 5.97 Å². The molecule has 35 heavy (non-hydrogen) atoms. The van der Waals surface area contributed by atoms with Crippen molar-refractivity contribution in [1.82, 2.24) is 0 Å². The Kier molecular flexibility index (Phi) is 31.9. The maximum atomic E-state index is 11.3. The molecule has 0 spiro atoms. The van der Waals surface area contributed by atoms with Gasteiger partial charge in [-0.15, -0.1) is 0 Å². The summed E-state index contributed by atoms with van der Waals surface area (Å²) in [5.41, 5.74) is 0. The lowest BCUT2D eigenvalue weighted by molar-refractivity contribution is -0.143. The maximum absolute atomic E-state index is 11.3. The van der Waals surface area contributed by atoms with E-state index in [9.17, 15) is 4.79 Å². The van der Waals surface area contributed by atoms with Gasteiger partial charge in [0.2, 0.25) is 0 Å². The van der Waals surface area contributed by atoms with E-state index in [0.29, 0.717) is 13.0 Å². The number of halogens is 1. The largest absolute Gasteiger partial charge is 0.466 e. The topological polar surface area (TPSA) is 26.3 Å². The molecular weight excluding hydrogens is 496 g/mol. The van der Waals surface area contributed by atoms with Gasteiger partial charge < -0.3 is 4.74 Å². The van der Waals surface area contributed by atoms with Crippen LogP contribution in [-0.2, 0) is 9.53 Å². The third kappa shape index (κ3) is 31.9. The molecular formula is C32H63BrO2. The lowest BCUT2D eigenvalue weighted by atomic mass is 10.0. The zero-order chi connectivity index (χ0) is 25.5. The fourth-order valence-corrected chi connectivity index (χ4v) is 5.41. The predicted octanol–water partition coefficient (Wildman–Crippen LogP) is 11.9. The number of esters is 1. The molecule has 0 amide bonds. The van der Waals surface area contributed by atoms with Crippen LogP contribution in [-0.4, -0.2) is 17.9 Å². The molecule has 0 aliphatic heterocycles. The SMILES string of the molecule is CCOC(=O)CCCCCCCCCCCCCCCCCCCCCCCCCCCCCBr. The molecule has 3 heteroatoms. The normalized spacial score (nSPS) is 11.3. The van der Waals surface area contributed by atoms with Gasteiger partial charge in [-0.25, -0.2) is 0 Å². The van der Waals surface area contributed by atoms with Crippen LogP contribution in [0, 0.1) is 0 Å². The van der Waals surface area contributed by atoms with Gasteiger partial charge in [0.05, 0.1) is 6.61 Å². The van der Waals surface area contributed by atoms with Crippen LogP contribution in [0.4, 0.5) is 0 Å². The van der Waals surface area contributed by atoms with E-state index in [1.54, 1.807) is 0 Å². The van der Waals surface area contributed by atoms with E-state index in [2.05, 4.69) is 15.9 Å². The van der Waals surface area contributed by atoms with Crippen molar-refractivity contribution in [3.8, 4) is 0 Å². The first kappa shape index (κ1) is 35.0. The standard InChI is InChI=1S/C32H63BrO2/c1-2-35-32(34)30-28-26-24-22-20-18-16-14-12-10-8-6-4-3-5-7-9-11-13-15-17-19-21-23-25-27-29-31-33/h2-31H2,1H3. The van der Waals surface area contributed by atoms with Crippen molar-refractivity contribution < 1.29 is 9.53 Å². The molecule has 0 saturated carbocycles. The Bertz CT molecular complexity index is 399. The van der Waals surface area contributed by atoms with Crippen LogP contribution in [0.5, 0.6) is 0 Å². The average Bonchev–Trinajstić information content (AvgIpc) is 2.86. The van der Waals surface area contributed by atoms with Crippen molar-refractivity contribution in [3.63, 3.8) is 0 Å². The smallest absolute Gasteiger partial charge is 0.305 e. The molecule has 0 aromatic heterocycles. The van der Waals surface area contributed by atoms with Crippen molar-refractivity contribution in [2.75, 3.05) is 11.9 Å². The summed E-state index contributed by atoms with van der Waals surface area (Å²) in [6.07, 6.45) is 38.6. The second-order valence-corrected chi connectivity index (χ2v) is 11.6. The zero-order valence-electron chi connectivity index (χ0n) is 23.9. The summed E-state index contributed by atoms with van der Waals surface area (Å²) in [5, 5.41) is 1.18. The average molecular weight is 560 g/mol. The summed E-state index contributed by atoms with van der Waals surface area (Å²) in [7, 11) is 0. The van der Waals surface area contributed by atoms with Crippen LogP contribution in [0.25, 0.3) is 0 Å². The number of alkyl halides is 1. The Morgan fingerprint density at radius 2 is 0.657 bits per heavy atom. The van der Waals surface area contributed by atoms with Crippen LogP contribution in [0.3, 0.4) is 0 Å². The van der Waals surface area contributed by atoms with Crippen molar-refractivity contribution in [2.24, 2.45) is 0 Å². The number of unbranched alkanes of at least 4 members (excludes halogenated alkanes) is 26. The molecule has 0 heterocycles. The Hall–Kier alpha value is -0.0500. The summed E-state index contributed by atoms with van der Waals surface area (Å²) in [6.45, 7) is 2.39. The second-order valence-electron chi connectivity index (χ2n) is 10.8. The van der Waals surface area contributed by atoms with E-state index >= 15 is 0 Å². The molecule has 210 valence electrons. The minimum Gasteiger partial charge on any atom is -0.466 e. The summed E-state index contributed by atoms with van der Waals surface area (Å²) >= 11 is 3.51. The van der Waals surface area contributed by atoms with E-state index < -0.39 is 0 Å². The molecule has 0 aromatic rings. The summed E-state index contributed by atoms with van der Waals surface area (Å²) in [6, 6.07) is 0. The molecule has 2 nitrogen and oxygen atoms in total. The van der Waals surface area contributed by atoms with E-state index in [1.165, 1.54) is 172 Å². The van der Waals surface area contributed by atoms with Gasteiger partial charge in [0.1, 0.15) is 0 Å². The number of rotatable bonds is 30. The second kappa shape index (κ2) is 32.0. The van der Waals surface area contributed by atoms with Gasteiger partial charge in [-0.05, 0) is 19.8 Å². The lowest BCUT2D eigenvalue weighted by Crippen LogP contribution is -2.03. The molecule has 0 fully saturated rings. The number of carbonyl (C=O) groups is 1. The van der Waals surface area contributed by atoms with Crippen LogP contribution in [0.15, 0.2) is 0 Å². The third-order valence-electron chi connectivity index (χ3n) is 7.32. The first-order valence-electron chi connectivity index (χ1n) is 16.0. The van der Waals surface area contributed by atoms with Gasteiger partial charge in [0.25, 0.3) is 0 Å². The molecule has 0 unspecified atom stereocenters. The predicted molar refractivity (Wildman–Crippen MR) is 160 cm³/mol. The Labute approximate surface area is 229 Å². The van der Waals surface area contributed by atoms with Crippen molar-refractivity contribution in [2.45, 2.75) is 187 Å². The number of ether oxygens (including phenoxy) is 1. The quantitative estimate of drug-likeness (QED) is 0.0497. The van der Waals surface area contributed by atoms with Gasteiger partial charge in [-0.1, -0.05) is 176 Å². The van der Waals surface area contributed by atoms with Crippen LogP contribution < -0.4 is 0 Å². The Balaban J connectivity index is 3.04. The fraction of sp³-hybridized carbons (Fsp3) is 0.969. The highest BCUT2D eigenvalue weighted by molar-refractivity contribution is 9.09. The Morgan fingerprint density at radius 1 is 0.429 bits per heavy atom. The minimum absolute atomic E-state index is 0.0264. The van der Waals surface area contributed by atoms with Crippen molar-refractivity contribution in [1.29, 1.82) is 0 Å². The number of hydrogen-bond donors (Lipinski definition) is 0. The van der Waals surface area contributed by atoms with Crippen LogP contribution in [0.2, 0.25) is 0 Å². The summed E-state index contributed by atoms with van der Waals surface area (Å²) < 4.78 is 4.96. The highest BCUT2D eigenvalue weighted by Crippen LogP contribution is 2.16. The maximum Gasteiger partial charge on any atom is 0.305 e. The van der Waals surface area contributed by atoms with Gasteiger partial charge in [0, 0.05) is 11.8 Å². The van der Waals surface area contributed by atoms with E-state index in [0.717, 1.165) is 6.42 Å². The molecule has 0 N–H and O–H groups in total. The molecule has 0 saturated heterocycles. The van der Waals surface area contributed by atoms with E-state index in [1.807, 2.05) is 6.92 Å². The monoisotopic (exact) mass is 558 g/mol. The molecule has 0 atom stereocenters. The minimum atomic E-state index is -0.0264. The van der Waals surface area contributed by atoms with Gasteiger partial charge in [-0.3, -0.25) is 4.79 Å². The first-order chi connectivity index (χ1) is 17.3. The third-order valence-corrected chi connectivity index (χ3v) is 7.88. The fourth-order valence-electron chi connectivity index (χ4n) is 5.02. The first-order valence-corrected chi connectivity index (χ1v) is 17.1. The summed E-state index contributed by atoms with van der Waals surface area (Å²) in [4.78, 5) is 11.3.